The Bertz CT molecular complexity index is 3670. The summed E-state index contributed by atoms with van der Waals surface area (Å²) in [6, 6.07) is 10.5. The number of hydrogen-bond donors (Lipinski definition) is 10. The van der Waals surface area contributed by atoms with Gasteiger partial charge in [-0.3, -0.25) is 36.9 Å². The summed E-state index contributed by atoms with van der Waals surface area (Å²) in [6.07, 6.45) is 0. The molecule has 10 N–H and O–H groups in total. The Morgan fingerprint density at radius 3 is 0.941 bits per heavy atom. The first-order valence-electron chi connectivity index (χ1n) is 18.0. The lowest BCUT2D eigenvalue weighted by Gasteiger charge is -2.16. The number of anilines is 4. The normalized spacial score (nSPS) is 12.7. The van der Waals surface area contributed by atoms with Crippen molar-refractivity contribution in [1.29, 1.82) is 0 Å². The number of urea groups is 1. The maximum atomic E-state index is 13.6. The Hall–Kier alpha value is -6.49. The van der Waals surface area contributed by atoms with E-state index < -0.39 is 141 Å². The number of amides is 4. The predicted octanol–water partition coefficient (Wildman–Crippen LogP) is 4.24. The number of fused-ring (bicyclic) bond motifs is 2. The van der Waals surface area contributed by atoms with Crippen LogP contribution in [0, 0.1) is 13.8 Å². The Kier molecular flexibility index (Phi) is 13.1. The van der Waals surface area contributed by atoms with E-state index in [9.17, 15) is 92.2 Å². The lowest BCUT2D eigenvalue weighted by atomic mass is 10.1. The first kappa shape index (κ1) is 50.9. The highest BCUT2D eigenvalue weighted by Crippen LogP contribution is 2.38. The highest BCUT2D eigenvalue weighted by molar-refractivity contribution is 7.87. The summed E-state index contributed by atoms with van der Waals surface area (Å²) in [4.78, 5) is 34.0. The van der Waals surface area contributed by atoms with Gasteiger partial charge in [0, 0.05) is 33.3 Å². The summed E-state index contributed by atoms with van der Waals surface area (Å²) >= 11 is 0. The third-order valence-electron chi connectivity index (χ3n) is 9.66. The number of aryl methyl sites for hydroxylation is 2. The number of rotatable bonds is 12. The van der Waals surface area contributed by atoms with Gasteiger partial charge in [-0.25, -0.2) is 4.79 Å². The van der Waals surface area contributed by atoms with Crippen LogP contribution in [0.15, 0.2) is 114 Å². The minimum atomic E-state index is -5.38. The summed E-state index contributed by atoms with van der Waals surface area (Å²) in [7, 11) is -31.4. The third-order valence-corrected chi connectivity index (χ3v) is 14.7. The summed E-state index contributed by atoms with van der Waals surface area (Å²) in [6.45, 7) is 2.97. The molecule has 0 aliphatic carbocycles. The van der Waals surface area contributed by atoms with E-state index in [0.29, 0.717) is 59.7 Å². The van der Waals surface area contributed by atoms with Crippen LogP contribution < -0.4 is 21.3 Å². The lowest BCUT2D eigenvalue weighted by Crippen LogP contribution is -2.22. The van der Waals surface area contributed by atoms with Gasteiger partial charge in [0.15, 0.2) is 0 Å². The van der Waals surface area contributed by atoms with Gasteiger partial charge in [0.1, 0.15) is 9.79 Å². The topological polar surface area (TPSA) is 426 Å². The van der Waals surface area contributed by atoms with Crippen molar-refractivity contribution in [3.63, 3.8) is 0 Å². The number of nitrogens with one attached hydrogen (secondary N) is 4. The van der Waals surface area contributed by atoms with E-state index >= 15 is 0 Å². The van der Waals surface area contributed by atoms with Crippen molar-refractivity contribution >= 4 is 123 Å². The third kappa shape index (κ3) is 11.1. The molecule has 6 rings (SSSR count). The molecule has 0 fully saturated rings. The van der Waals surface area contributed by atoms with Crippen LogP contribution in [0.5, 0.6) is 0 Å². The Morgan fingerprint density at radius 1 is 0.368 bits per heavy atom. The molecule has 0 saturated heterocycles. The summed E-state index contributed by atoms with van der Waals surface area (Å²) < 4.78 is 204. The highest BCUT2D eigenvalue weighted by Gasteiger charge is 2.28. The molecule has 31 heteroatoms. The van der Waals surface area contributed by atoms with Crippen LogP contribution in [-0.4, -0.2) is 95.7 Å². The molecule has 25 nitrogen and oxygen atoms in total. The quantitative estimate of drug-likeness (QED) is 0.0766. The lowest BCUT2D eigenvalue weighted by molar-refractivity contribution is 0.101. The number of hydrogen-bond acceptors (Lipinski definition) is 15. The minimum absolute atomic E-state index is 0.0629. The molecule has 68 heavy (non-hydrogen) atoms. The van der Waals surface area contributed by atoms with Crippen LogP contribution in [0.1, 0.15) is 31.8 Å². The molecule has 6 aromatic carbocycles. The standard InChI is InChI=1S/C37H30N4O21S6/c1-17-3-5-19(35(42)38-29-13-23(63(45,46)47)7-21-9-25(65(51,52)53)15-31(33(21)29)67(57,58)59)11-27(17)40-37(44)41-28-12-20(6-4-18(28)2)36(43)39-30-14-24(64(48,49)50)8-22-10-26(66(54,55)56)16-32(34(22)30)68(60,61)62/h3-16H,1-2H3,(H,38,42)(H,39,43)(H2,40,41,44)(H,45,46,47)(H,48,49,50)(H,51,52,53)(H,54,55,56)(H,57,58,59)(H,60,61,62). The van der Waals surface area contributed by atoms with Gasteiger partial charge in [0.25, 0.3) is 72.5 Å². The van der Waals surface area contributed by atoms with Crippen LogP contribution >= 0.6 is 0 Å². The molecule has 0 aliphatic rings. The van der Waals surface area contributed by atoms with Gasteiger partial charge in [-0.15, -0.1) is 0 Å². The molecule has 0 unspecified atom stereocenters. The maximum Gasteiger partial charge on any atom is 0.323 e. The van der Waals surface area contributed by atoms with E-state index in [2.05, 4.69) is 21.3 Å². The van der Waals surface area contributed by atoms with Crippen molar-refractivity contribution in [2.75, 3.05) is 21.3 Å². The van der Waals surface area contributed by atoms with E-state index in [1.165, 1.54) is 38.1 Å². The van der Waals surface area contributed by atoms with Gasteiger partial charge in [0.05, 0.1) is 31.0 Å². The van der Waals surface area contributed by atoms with E-state index in [0.717, 1.165) is 12.1 Å². The van der Waals surface area contributed by atoms with Gasteiger partial charge in [0.2, 0.25) is 0 Å². The largest absolute Gasteiger partial charge is 0.323 e. The van der Waals surface area contributed by atoms with E-state index in [4.69, 9.17) is 0 Å². The zero-order valence-electron chi connectivity index (χ0n) is 33.8. The molecule has 0 heterocycles. The highest BCUT2D eigenvalue weighted by atomic mass is 32.2. The van der Waals surface area contributed by atoms with Crippen molar-refractivity contribution in [1.82, 2.24) is 0 Å². The molecule has 0 radical (unpaired) electrons. The molecule has 0 saturated carbocycles. The molecule has 6 aromatic rings. The average Bonchev–Trinajstić information content (AvgIpc) is 3.19. The van der Waals surface area contributed by atoms with E-state index in [1.54, 1.807) is 0 Å². The smallest absolute Gasteiger partial charge is 0.321 e. The predicted molar refractivity (Wildman–Crippen MR) is 238 cm³/mol. The van der Waals surface area contributed by atoms with Crippen LogP contribution in [0.4, 0.5) is 27.5 Å². The van der Waals surface area contributed by atoms with Crippen LogP contribution in [-0.2, 0) is 60.7 Å². The van der Waals surface area contributed by atoms with Crippen LogP contribution in [0.2, 0.25) is 0 Å². The summed E-state index contributed by atoms with van der Waals surface area (Å²) in [5.74, 6) is -2.26. The van der Waals surface area contributed by atoms with Crippen molar-refractivity contribution in [2.24, 2.45) is 0 Å². The Labute approximate surface area is 384 Å². The fourth-order valence-corrected chi connectivity index (χ4v) is 10.3. The first-order chi connectivity index (χ1) is 31.0. The second-order valence-electron chi connectivity index (χ2n) is 14.4. The molecule has 0 aromatic heterocycles. The second kappa shape index (κ2) is 17.5. The molecule has 4 amide bonds. The van der Waals surface area contributed by atoms with Crippen LogP contribution in [0.3, 0.4) is 0 Å². The van der Waals surface area contributed by atoms with Crippen molar-refractivity contribution in [2.45, 2.75) is 43.2 Å². The Balaban J connectivity index is 1.31. The number of carbonyl (C=O) groups excluding carboxylic acids is 3. The van der Waals surface area contributed by atoms with Gasteiger partial charge >= 0.3 is 6.03 Å². The molecule has 0 bridgehead atoms. The van der Waals surface area contributed by atoms with Crippen molar-refractivity contribution in [3.05, 3.63) is 107 Å². The van der Waals surface area contributed by atoms with Gasteiger partial charge in [-0.1, -0.05) is 12.1 Å². The fourth-order valence-electron chi connectivity index (χ4n) is 6.50. The monoisotopic (exact) mass is 1060 g/mol. The molecule has 360 valence electrons. The molecular formula is C37H30N4O21S6. The number of benzene rings is 6. The average molecular weight is 1060 g/mol. The number of carbonyl (C=O) groups is 3. The first-order valence-corrected chi connectivity index (χ1v) is 26.7. The van der Waals surface area contributed by atoms with Gasteiger partial charge in [-0.05, 0) is 109 Å². The molecular weight excluding hydrogens is 1030 g/mol. The second-order valence-corrected chi connectivity index (χ2v) is 22.8. The minimum Gasteiger partial charge on any atom is -0.321 e. The van der Waals surface area contributed by atoms with E-state index in [-0.39, 0.29) is 22.5 Å². The fraction of sp³-hybridized carbons (Fsp3) is 0.0541. The molecule has 0 spiro atoms. The van der Waals surface area contributed by atoms with E-state index in [1.807, 2.05) is 0 Å². The Morgan fingerprint density at radius 2 is 0.662 bits per heavy atom. The van der Waals surface area contributed by atoms with Crippen molar-refractivity contribution < 1.29 is 92.2 Å². The maximum absolute atomic E-state index is 13.6. The van der Waals surface area contributed by atoms with Crippen LogP contribution in [0.25, 0.3) is 21.5 Å². The van der Waals surface area contributed by atoms with Gasteiger partial charge < -0.3 is 21.3 Å². The zero-order chi connectivity index (χ0) is 50.9. The summed E-state index contributed by atoms with van der Waals surface area (Å²) in [5.41, 5.74) is -1.49. The van der Waals surface area contributed by atoms with Gasteiger partial charge in [-0.2, -0.15) is 50.5 Å². The summed E-state index contributed by atoms with van der Waals surface area (Å²) in [5, 5.41) is 6.82. The zero-order valence-corrected chi connectivity index (χ0v) is 38.7. The SMILES string of the molecule is Cc1ccc(C(=O)Nc2cc(S(=O)(=O)O)cc3cc(S(=O)(=O)O)cc(S(=O)(=O)O)c23)cc1NC(=O)Nc1cc(C(=O)Nc2cc(S(=O)(=O)O)cc3cc(S(=O)(=O)O)cc(S(=O)(=O)O)c23)ccc1C. The van der Waals surface area contributed by atoms with Crippen molar-refractivity contribution in [3.8, 4) is 0 Å². The molecule has 0 aliphatic heterocycles. The molecule has 0 atom stereocenters.